The molecular weight excluding hydrogens is 358 g/mol. The molecule has 0 saturated heterocycles. The number of nitrogens with zero attached hydrogens (tertiary/aromatic N) is 3. The Morgan fingerprint density at radius 1 is 1.39 bits per heavy atom. The maximum absolute atomic E-state index is 12.6. The third-order valence-electron chi connectivity index (χ3n) is 4.51. The second kappa shape index (κ2) is 7.41. The van der Waals surface area contributed by atoms with Crippen molar-refractivity contribution in [3.63, 3.8) is 0 Å². The molecule has 2 heterocycles. The van der Waals surface area contributed by atoms with E-state index in [1.807, 2.05) is 0 Å². The van der Waals surface area contributed by atoms with Crippen molar-refractivity contribution in [2.45, 2.75) is 32.8 Å². The maximum Gasteiger partial charge on any atom is 0.338 e. The molecule has 7 heteroatoms. The third kappa shape index (κ3) is 3.47. The first-order chi connectivity index (χ1) is 13.3. The number of esters is 1. The van der Waals surface area contributed by atoms with Crippen LogP contribution < -0.4 is 5.56 Å². The van der Waals surface area contributed by atoms with Crippen LogP contribution in [0.15, 0.2) is 35.0 Å². The number of hydrogen-bond donors (Lipinski definition) is 1. The molecule has 0 bridgehead atoms. The van der Waals surface area contributed by atoms with Crippen LogP contribution in [0.3, 0.4) is 0 Å². The highest BCUT2D eigenvalue weighted by atomic mass is 16.5. The van der Waals surface area contributed by atoms with Crippen LogP contribution >= 0.6 is 0 Å². The van der Waals surface area contributed by atoms with Crippen LogP contribution in [0.4, 0.5) is 0 Å². The van der Waals surface area contributed by atoms with Gasteiger partial charge in [-0.25, -0.2) is 14.8 Å². The van der Waals surface area contributed by atoms with Gasteiger partial charge in [0.15, 0.2) is 11.4 Å². The van der Waals surface area contributed by atoms with Gasteiger partial charge in [0.05, 0.1) is 12.2 Å². The molecule has 28 heavy (non-hydrogen) atoms. The van der Waals surface area contributed by atoms with Crippen LogP contribution in [0.25, 0.3) is 5.57 Å². The topological polar surface area (TPSA) is 94.3 Å². The van der Waals surface area contributed by atoms with Gasteiger partial charge in [0.2, 0.25) is 0 Å². The summed E-state index contributed by atoms with van der Waals surface area (Å²) in [6.45, 7) is 5.25. The first-order valence-electron chi connectivity index (χ1n) is 8.89. The fraction of sp³-hybridized carbons (Fsp3) is 0.333. The van der Waals surface area contributed by atoms with Crippen molar-refractivity contribution in [2.24, 2.45) is 7.05 Å². The molecule has 0 aliphatic heterocycles. The molecular formula is C21H21N3O4. The molecule has 3 rings (SSSR count). The van der Waals surface area contributed by atoms with Crippen LogP contribution in [0, 0.1) is 11.8 Å². The van der Waals surface area contributed by atoms with Gasteiger partial charge in [-0.2, -0.15) is 0 Å². The van der Waals surface area contributed by atoms with Crippen LogP contribution in [-0.2, 0) is 28.6 Å². The molecule has 0 aromatic carbocycles. The fourth-order valence-electron chi connectivity index (χ4n) is 3.19. The van der Waals surface area contributed by atoms with Gasteiger partial charge in [-0.15, -0.1) is 0 Å². The van der Waals surface area contributed by atoms with E-state index in [1.54, 1.807) is 33.2 Å². The molecule has 2 aromatic heterocycles. The molecule has 1 atom stereocenters. The Morgan fingerprint density at radius 3 is 2.71 bits per heavy atom. The van der Waals surface area contributed by atoms with Crippen molar-refractivity contribution < 1.29 is 14.6 Å². The first-order valence-corrected chi connectivity index (χ1v) is 8.89. The van der Waals surface area contributed by atoms with Gasteiger partial charge in [-0.3, -0.25) is 4.79 Å². The molecule has 2 aromatic rings. The molecule has 144 valence electrons. The number of fused-ring (bicyclic) bond motifs is 1. The monoisotopic (exact) mass is 379 g/mol. The van der Waals surface area contributed by atoms with Crippen LogP contribution in [0.2, 0.25) is 0 Å². The van der Waals surface area contributed by atoms with Crippen molar-refractivity contribution >= 4 is 11.5 Å². The SMILES string of the molecule is CCOC(=O)C1=C(C)Cc2c1c(C#C[C@@](C)(O)c1ncccn1)cn(C)c2=O. The summed E-state index contributed by atoms with van der Waals surface area (Å²) in [6, 6.07) is 1.64. The van der Waals surface area contributed by atoms with E-state index in [0.29, 0.717) is 28.7 Å². The zero-order valence-corrected chi connectivity index (χ0v) is 16.2. The molecule has 0 amide bonds. The van der Waals surface area contributed by atoms with E-state index in [0.717, 1.165) is 5.57 Å². The van der Waals surface area contributed by atoms with Crippen molar-refractivity contribution in [3.8, 4) is 11.8 Å². The molecule has 1 aliphatic rings. The molecule has 1 aliphatic carbocycles. The second-order valence-electron chi connectivity index (χ2n) is 6.76. The lowest BCUT2D eigenvalue weighted by molar-refractivity contribution is -0.136. The van der Waals surface area contributed by atoms with Crippen LogP contribution in [-0.4, -0.2) is 32.2 Å². The Labute approximate surface area is 162 Å². The highest BCUT2D eigenvalue weighted by Crippen LogP contribution is 2.34. The van der Waals surface area contributed by atoms with Crippen molar-refractivity contribution in [2.75, 3.05) is 6.61 Å². The van der Waals surface area contributed by atoms with E-state index in [-0.39, 0.29) is 18.0 Å². The van der Waals surface area contributed by atoms with Gasteiger partial charge in [0.25, 0.3) is 5.56 Å². The average molecular weight is 379 g/mol. The Morgan fingerprint density at radius 2 is 2.07 bits per heavy atom. The van der Waals surface area contributed by atoms with Gasteiger partial charge < -0.3 is 14.4 Å². The minimum atomic E-state index is -1.59. The van der Waals surface area contributed by atoms with Crippen molar-refractivity contribution in [1.29, 1.82) is 0 Å². The summed E-state index contributed by atoms with van der Waals surface area (Å²) >= 11 is 0. The summed E-state index contributed by atoms with van der Waals surface area (Å²) in [5, 5.41) is 10.7. The highest BCUT2D eigenvalue weighted by Gasteiger charge is 2.31. The number of allylic oxidation sites excluding steroid dienone is 1. The molecule has 0 saturated carbocycles. The highest BCUT2D eigenvalue weighted by molar-refractivity contribution is 6.19. The van der Waals surface area contributed by atoms with Gasteiger partial charge in [0, 0.05) is 48.7 Å². The van der Waals surface area contributed by atoms with Crippen molar-refractivity contribution in [3.05, 3.63) is 63.1 Å². The van der Waals surface area contributed by atoms with E-state index >= 15 is 0 Å². The number of rotatable bonds is 3. The predicted molar refractivity (Wildman–Crippen MR) is 103 cm³/mol. The van der Waals surface area contributed by atoms with Gasteiger partial charge in [-0.05, 0) is 26.8 Å². The number of aliphatic hydroxyl groups is 1. The zero-order chi connectivity index (χ0) is 20.5. The molecule has 0 spiro atoms. The Balaban J connectivity index is 2.15. The summed E-state index contributed by atoms with van der Waals surface area (Å²) in [7, 11) is 1.63. The third-order valence-corrected chi connectivity index (χ3v) is 4.51. The van der Waals surface area contributed by atoms with E-state index in [9.17, 15) is 14.7 Å². The number of aryl methyl sites for hydroxylation is 1. The van der Waals surface area contributed by atoms with E-state index < -0.39 is 11.6 Å². The quantitative estimate of drug-likeness (QED) is 0.639. The minimum Gasteiger partial charge on any atom is -0.462 e. The summed E-state index contributed by atoms with van der Waals surface area (Å²) in [5.41, 5.74) is 0.810. The largest absolute Gasteiger partial charge is 0.462 e. The van der Waals surface area contributed by atoms with Gasteiger partial charge in [-0.1, -0.05) is 17.4 Å². The van der Waals surface area contributed by atoms with Crippen LogP contribution in [0.5, 0.6) is 0 Å². The lowest BCUT2D eigenvalue weighted by atomic mass is 9.99. The Hall–Kier alpha value is -3.24. The normalized spacial score (nSPS) is 14.8. The minimum absolute atomic E-state index is 0.168. The summed E-state index contributed by atoms with van der Waals surface area (Å²) in [4.78, 5) is 33.1. The van der Waals surface area contributed by atoms with Crippen molar-refractivity contribution in [1.82, 2.24) is 14.5 Å². The lowest BCUT2D eigenvalue weighted by Gasteiger charge is -2.14. The second-order valence-corrected chi connectivity index (χ2v) is 6.76. The smallest absolute Gasteiger partial charge is 0.338 e. The predicted octanol–water partition coefficient (Wildman–Crippen LogP) is 1.33. The Kier molecular flexibility index (Phi) is 5.16. The van der Waals surface area contributed by atoms with Gasteiger partial charge in [0.1, 0.15) is 0 Å². The number of carbonyl (C=O) groups excluding carboxylic acids is 1. The molecule has 0 radical (unpaired) electrons. The standard InChI is InChI=1S/C21H21N3O4/c1-5-28-19(26)16-13(2)11-15-17(16)14(12-24(4)18(15)25)7-8-21(3,27)20-22-9-6-10-23-20/h6,9-10,12,27H,5,11H2,1-4H3/t21-/m1/s1. The van der Waals surface area contributed by atoms with Gasteiger partial charge >= 0.3 is 5.97 Å². The summed E-state index contributed by atoms with van der Waals surface area (Å²) in [6.07, 6.45) is 4.97. The molecule has 7 nitrogen and oxygen atoms in total. The van der Waals surface area contributed by atoms with E-state index in [1.165, 1.54) is 23.9 Å². The van der Waals surface area contributed by atoms with E-state index in [4.69, 9.17) is 4.74 Å². The molecule has 0 unspecified atom stereocenters. The van der Waals surface area contributed by atoms with Crippen LogP contribution in [0.1, 0.15) is 43.3 Å². The summed E-state index contributed by atoms with van der Waals surface area (Å²) in [5.74, 6) is 5.37. The lowest BCUT2D eigenvalue weighted by Crippen LogP contribution is -2.23. The Bertz CT molecular complexity index is 1090. The number of carbonyl (C=O) groups is 1. The number of pyridine rings is 1. The van der Waals surface area contributed by atoms with E-state index in [2.05, 4.69) is 21.8 Å². The fourth-order valence-corrected chi connectivity index (χ4v) is 3.19. The maximum atomic E-state index is 12.6. The molecule has 1 N–H and O–H groups in total. The number of aromatic nitrogens is 3. The zero-order valence-electron chi connectivity index (χ0n) is 16.2. The molecule has 0 fully saturated rings. The number of hydrogen-bond acceptors (Lipinski definition) is 6. The number of ether oxygens (including phenoxy) is 1. The average Bonchev–Trinajstić information content (AvgIpc) is 3.02. The first kappa shape index (κ1) is 19.5. The summed E-state index contributed by atoms with van der Waals surface area (Å²) < 4.78 is 6.60.